The third-order valence-corrected chi connectivity index (χ3v) is 1.98. The topological polar surface area (TPSA) is 43.1 Å². The average Bonchev–Trinajstić information content (AvgIpc) is 2.30. The van der Waals surface area contributed by atoms with Gasteiger partial charge in [0, 0.05) is 6.07 Å². The van der Waals surface area contributed by atoms with Gasteiger partial charge < -0.3 is 0 Å². The summed E-state index contributed by atoms with van der Waals surface area (Å²) in [5.74, 6) is 0. The average molecular weight is 197 g/mol. The van der Waals surface area contributed by atoms with Gasteiger partial charge in [-0.1, -0.05) is 36.4 Å². The zero-order valence-corrected chi connectivity index (χ0v) is 7.81. The molecule has 2 aromatic rings. The molecule has 0 bridgehead atoms. The lowest BCUT2D eigenvalue weighted by Gasteiger charge is -1.99. The summed E-state index contributed by atoms with van der Waals surface area (Å²) in [4.78, 5) is 10.1. The van der Waals surface area contributed by atoms with Gasteiger partial charge in [-0.3, -0.25) is 10.1 Å². The molecule has 2 aromatic carbocycles. The molecule has 2 radical (unpaired) electrons. The van der Waals surface area contributed by atoms with E-state index in [0.717, 1.165) is 5.56 Å². The highest BCUT2D eigenvalue weighted by atomic mass is 16.6. The predicted molar refractivity (Wildman–Crippen MR) is 56.2 cm³/mol. The third kappa shape index (κ3) is 2.02. The van der Waals surface area contributed by atoms with E-state index >= 15 is 0 Å². The molecule has 0 atom stereocenters. The Morgan fingerprint density at radius 1 is 1.07 bits per heavy atom. The van der Waals surface area contributed by atoms with Crippen LogP contribution in [0.4, 0.5) is 5.69 Å². The van der Waals surface area contributed by atoms with Crippen LogP contribution in [-0.4, -0.2) is 4.92 Å². The summed E-state index contributed by atoms with van der Waals surface area (Å²) in [5.41, 5.74) is 1.47. The number of nitro benzene ring substituents is 1. The Bertz CT molecular complexity index is 480. The molecule has 0 aliphatic carbocycles. The minimum absolute atomic E-state index is 0.0234. The molecule has 15 heavy (non-hydrogen) atoms. The van der Waals surface area contributed by atoms with Crippen molar-refractivity contribution in [3.63, 3.8) is 0 Å². The second-order valence-corrected chi connectivity index (χ2v) is 2.98. The number of benzene rings is 2. The maximum atomic E-state index is 10.5. The zero-order valence-electron chi connectivity index (χ0n) is 7.81. The summed E-state index contributed by atoms with van der Waals surface area (Å²) >= 11 is 0. The summed E-state index contributed by atoms with van der Waals surface area (Å²) in [5, 5.41) is 10.5. The van der Waals surface area contributed by atoms with Crippen LogP contribution in [0.15, 0.2) is 42.5 Å². The van der Waals surface area contributed by atoms with Gasteiger partial charge in [-0.05, 0) is 17.2 Å². The molecular formula is C12H7NO2. The fraction of sp³-hybridized carbons (Fsp3) is 0. The zero-order chi connectivity index (χ0) is 10.7. The summed E-state index contributed by atoms with van der Waals surface area (Å²) in [7, 11) is 0. The first-order chi connectivity index (χ1) is 7.27. The van der Waals surface area contributed by atoms with Crippen LogP contribution in [0.25, 0.3) is 11.1 Å². The molecule has 0 aliphatic heterocycles. The van der Waals surface area contributed by atoms with E-state index in [1.54, 1.807) is 18.2 Å². The lowest BCUT2D eigenvalue weighted by Crippen LogP contribution is -1.88. The molecule has 2 rings (SSSR count). The van der Waals surface area contributed by atoms with E-state index in [2.05, 4.69) is 12.1 Å². The minimum Gasteiger partial charge on any atom is -0.258 e. The van der Waals surface area contributed by atoms with Crippen LogP contribution < -0.4 is 0 Å². The maximum absolute atomic E-state index is 10.5. The normalized spacial score (nSPS) is 9.87. The molecule has 72 valence electrons. The van der Waals surface area contributed by atoms with Gasteiger partial charge in [0.15, 0.2) is 0 Å². The van der Waals surface area contributed by atoms with Crippen molar-refractivity contribution in [2.24, 2.45) is 0 Å². The summed E-state index contributed by atoms with van der Waals surface area (Å²) in [6, 6.07) is 17.9. The molecule has 0 aromatic heterocycles. The van der Waals surface area contributed by atoms with Gasteiger partial charge in [0.2, 0.25) is 0 Å². The van der Waals surface area contributed by atoms with E-state index in [-0.39, 0.29) is 5.69 Å². The number of rotatable bonds is 2. The van der Waals surface area contributed by atoms with Crippen molar-refractivity contribution in [2.75, 3.05) is 0 Å². The summed E-state index contributed by atoms with van der Waals surface area (Å²) in [6.45, 7) is 0. The van der Waals surface area contributed by atoms with Crippen LogP contribution in [0.3, 0.4) is 0 Å². The highest BCUT2D eigenvalue weighted by molar-refractivity contribution is 5.64. The van der Waals surface area contributed by atoms with E-state index in [4.69, 9.17) is 0 Å². The first-order valence-electron chi connectivity index (χ1n) is 4.41. The van der Waals surface area contributed by atoms with Gasteiger partial charge in [-0.2, -0.15) is 0 Å². The highest BCUT2D eigenvalue weighted by Crippen LogP contribution is 2.21. The fourth-order valence-electron chi connectivity index (χ4n) is 1.28. The maximum Gasteiger partial charge on any atom is 0.278 e. The quantitative estimate of drug-likeness (QED) is 0.548. The number of nitrogens with zero attached hydrogens (tertiary/aromatic N) is 1. The molecule has 0 unspecified atom stereocenters. The number of nitro groups is 1. The second kappa shape index (κ2) is 3.92. The van der Waals surface area contributed by atoms with Crippen LogP contribution in [0.5, 0.6) is 0 Å². The Kier molecular flexibility index (Phi) is 2.46. The summed E-state index contributed by atoms with van der Waals surface area (Å²) in [6.07, 6.45) is 0. The van der Waals surface area contributed by atoms with Crippen LogP contribution in [-0.2, 0) is 0 Å². The lowest BCUT2D eigenvalue weighted by molar-refractivity contribution is -0.385. The van der Waals surface area contributed by atoms with Gasteiger partial charge in [-0.25, -0.2) is 0 Å². The number of hydrogen-bond donors (Lipinski definition) is 0. The molecule has 0 N–H and O–H groups in total. The Labute approximate surface area is 87.1 Å². The third-order valence-electron chi connectivity index (χ3n) is 1.98. The van der Waals surface area contributed by atoms with E-state index in [9.17, 15) is 10.1 Å². The van der Waals surface area contributed by atoms with E-state index < -0.39 is 4.92 Å². The first kappa shape index (κ1) is 9.40. The van der Waals surface area contributed by atoms with Gasteiger partial charge in [0.05, 0.1) is 11.0 Å². The smallest absolute Gasteiger partial charge is 0.258 e. The van der Waals surface area contributed by atoms with Crippen molar-refractivity contribution in [2.45, 2.75) is 0 Å². The van der Waals surface area contributed by atoms with Crippen molar-refractivity contribution in [1.82, 2.24) is 0 Å². The predicted octanol–water partition coefficient (Wildman–Crippen LogP) is 2.86. The van der Waals surface area contributed by atoms with Crippen LogP contribution in [0.1, 0.15) is 0 Å². The second-order valence-electron chi connectivity index (χ2n) is 2.98. The molecule has 0 aliphatic rings. The van der Waals surface area contributed by atoms with Crippen molar-refractivity contribution >= 4 is 5.69 Å². The molecule has 0 heterocycles. The molecule has 0 spiro atoms. The Morgan fingerprint density at radius 3 is 2.53 bits per heavy atom. The SMILES string of the molecule is O=[N+]([O-])c1[c]c(-c2[c]cccc2)ccc1. The van der Waals surface area contributed by atoms with Gasteiger partial charge in [0.25, 0.3) is 5.69 Å². The van der Waals surface area contributed by atoms with Gasteiger partial charge in [-0.15, -0.1) is 0 Å². The van der Waals surface area contributed by atoms with Crippen molar-refractivity contribution in [3.05, 3.63) is 64.7 Å². The lowest BCUT2D eigenvalue weighted by atomic mass is 10.1. The molecule has 3 nitrogen and oxygen atoms in total. The fourth-order valence-corrected chi connectivity index (χ4v) is 1.28. The molecule has 0 fully saturated rings. The van der Waals surface area contributed by atoms with Gasteiger partial charge in [0.1, 0.15) is 0 Å². The Balaban J connectivity index is 2.46. The van der Waals surface area contributed by atoms with Gasteiger partial charge >= 0.3 is 0 Å². The number of hydrogen-bond acceptors (Lipinski definition) is 2. The molecule has 0 saturated carbocycles. The monoisotopic (exact) mass is 197 g/mol. The largest absolute Gasteiger partial charge is 0.278 e. The van der Waals surface area contributed by atoms with Crippen LogP contribution >= 0.6 is 0 Å². The Morgan fingerprint density at radius 2 is 1.87 bits per heavy atom. The molecule has 3 heteroatoms. The van der Waals surface area contributed by atoms with Crippen molar-refractivity contribution in [1.29, 1.82) is 0 Å². The Hall–Kier alpha value is -2.16. The van der Waals surface area contributed by atoms with E-state index in [1.165, 1.54) is 6.07 Å². The van der Waals surface area contributed by atoms with Crippen LogP contribution in [0.2, 0.25) is 0 Å². The highest BCUT2D eigenvalue weighted by Gasteiger charge is 2.07. The minimum atomic E-state index is -0.452. The van der Waals surface area contributed by atoms with E-state index in [0.29, 0.717) is 5.56 Å². The van der Waals surface area contributed by atoms with Crippen molar-refractivity contribution in [3.8, 4) is 11.1 Å². The molecular weight excluding hydrogens is 190 g/mol. The summed E-state index contributed by atoms with van der Waals surface area (Å²) < 4.78 is 0. The molecule has 0 saturated heterocycles. The number of non-ortho nitro benzene ring substituents is 1. The van der Waals surface area contributed by atoms with Crippen molar-refractivity contribution < 1.29 is 4.92 Å². The first-order valence-corrected chi connectivity index (χ1v) is 4.41. The van der Waals surface area contributed by atoms with Crippen LogP contribution in [0, 0.1) is 22.2 Å². The van der Waals surface area contributed by atoms with E-state index in [1.807, 2.05) is 18.2 Å². The molecule has 0 amide bonds. The standard InChI is InChI=1S/C12H7NO2/c14-13(15)12-8-4-7-11(9-12)10-5-2-1-3-6-10/h1-5,7-8H.